The minimum absolute atomic E-state index is 0.0165. The average Bonchev–Trinajstić information content (AvgIpc) is 2.73. The smallest absolute Gasteiger partial charge is 0.334 e. The Kier molecular flexibility index (Phi) is 5.97. The second-order valence-electron chi connectivity index (χ2n) is 7.07. The number of fused-ring (bicyclic) bond motifs is 1. The minimum atomic E-state index is -0.338. The van der Waals surface area contributed by atoms with Crippen LogP contribution in [-0.4, -0.2) is 17.9 Å². The maximum Gasteiger partial charge on any atom is 0.334 e. The van der Waals surface area contributed by atoms with Gasteiger partial charge in [0.25, 0.3) is 0 Å². The third-order valence-corrected chi connectivity index (χ3v) is 5.03. The van der Waals surface area contributed by atoms with E-state index in [4.69, 9.17) is 4.74 Å². The summed E-state index contributed by atoms with van der Waals surface area (Å²) in [7, 11) is 0. The molecule has 0 spiro atoms. The van der Waals surface area contributed by atoms with Crippen molar-refractivity contribution in [1.82, 2.24) is 0 Å². The maximum atomic E-state index is 12.5. The second kappa shape index (κ2) is 7.76. The monoisotopic (exact) mass is 316 g/mol. The van der Waals surface area contributed by atoms with Crippen LogP contribution in [0.4, 0.5) is 0 Å². The van der Waals surface area contributed by atoms with Crippen LogP contribution in [0.3, 0.4) is 0 Å². The Balaban J connectivity index is 2.20. The maximum absolute atomic E-state index is 12.5. The lowest BCUT2D eigenvalue weighted by atomic mass is 9.84. The number of Topliss-reactive ketones (excluding diaryl/α,β-unsaturated/α-hetero) is 1. The fraction of sp³-hybridized carbons (Fsp3) is 0.600. The summed E-state index contributed by atoms with van der Waals surface area (Å²) >= 11 is 0. The van der Waals surface area contributed by atoms with E-state index in [2.05, 4.69) is 32.6 Å². The van der Waals surface area contributed by atoms with Crippen LogP contribution in [0, 0.1) is 11.8 Å². The topological polar surface area (TPSA) is 43.4 Å². The van der Waals surface area contributed by atoms with Crippen molar-refractivity contribution in [3.05, 3.63) is 35.5 Å². The van der Waals surface area contributed by atoms with Crippen molar-refractivity contribution in [2.45, 2.75) is 65.4 Å². The molecule has 3 heteroatoms. The van der Waals surface area contributed by atoms with Gasteiger partial charge in [-0.15, -0.1) is 0 Å². The number of ether oxygens (including phenoxy) is 1. The lowest BCUT2D eigenvalue weighted by molar-refractivity contribution is -0.139. The number of allylic oxidation sites excluding steroid dienone is 3. The molecule has 23 heavy (non-hydrogen) atoms. The van der Waals surface area contributed by atoms with Crippen molar-refractivity contribution in [2.75, 3.05) is 0 Å². The lowest BCUT2D eigenvalue weighted by Gasteiger charge is -2.19. The molecule has 0 radical (unpaired) electrons. The number of hydrogen-bond donors (Lipinski definition) is 0. The molecule has 0 saturated carbocycles. The quantitative estimate of drug-likeness (QED) is 0.374. The zero-order valence-electron chi connectivity index (χ0n) is 14.6. The Morgan fingerprint density at radius 1 is 1.09 bits per heavy atom. The molecule has 0 N–H and O–H groups in total. The first-order valence-electron chi connectivity index (χ1n) is 8.62. The number of carbonyl (C=O) groups is 2. The molecule has 2 rings (SSSR count). The molecule has 0 amide bonds. The molecule has 1 aliphatic heterocycles. The highest BCUT2D eigenvalue weighted by atomic mass is 16.6. The van der Waals surface area contributed by atoms with Crippen LogP contribution in [-0.2, 0) is 14.3 Å². The highest BCUT2D eigenvalue weighted by Gasteiger charge is 2.40. The third-order valence-electron chi connectivity index (χ3n) is 5.03. The van der Waals surface area contributed by atoms with Gasteiger partial charge < -0.3 is 4.74 Å². The first-order chi connectivity index (χ1) is 10.9. The van der Waals surface area contributed by atoms with E-state index < -0.39 is 0 Å². The predicted octanol–water partition coefficient (Wildman–Crippen LogP) is 4.54. The van der Waals surface area contributed by atoms with Crippen LogP contribution in [0.2, 0.25) is 0 Å². The zero-order chi connectivity index (χ0) is 17.0. The van der Waals surface area contributed by atoms with Crippen LogP contribution in [0.5, 0.6) is 0 Å². The SMILES string of the molecule is C=C1C(=O)O[C@H]2C/C(C)=C/CC/C(C)=C/CC[C@@H](C)C(=O)C[C@@H]12. The summed E-state index contributed by atoms with van der Waals surface area (Å²) < 4.78 is 5.47. The van der Waals surface area contributed by atoms with Gasteiger partial charge in [-0.2, -0.15) is 0 Å². The molecule has 0 aromatic rings. The summed E-state index contributed by atoms with van der Waals surface area (Å²) in [6, 6.07) is 0. The van der Waals surface area contributed by atoms with E-state index in [1.54, 1.807) is 0 Å². The Hall–Kier alpha value is -1.64. The number of ketones is 1. The van der Waals surface area contributed by atoms with Crippen LogP contribution < -0.4 is 0 Å². The van der Waals surface area contributed by atoms with Gasteiger partial charge in [0.1, 0.15) is 11.9 Å². The highest BCUT2D eigenvalue weighted by Crippen LogP contribution is 2.34. The molecule has 1 fully saturated rings. The molecule has 0 aromatic carbocycles. The van der Waals surface area contributed by atoms with Crippen LogP contribution in [0.15, 0.2) is 35.5 Å². The third kappa shape index (κ3) is 4.66. The van der Waals surface area contributed by atoms with Crippen molar-refractivity contribution in [3.8, 4) is 0 Å². The lowest BCUT2D eigenvalue weighted by Crippen LogP contribution is -2.23. The van der Waals surface area contributed by atoms with Gasteiger partial charge in [-0.1, -0.05) is 36.8 Å². The molecule has 1 heterocycles. The van der Waals surface area contributed by atoms with Crippen molar-refractivity contribution in [2.24, 2.45) is 11.8 Å². The van der Waals surface area contributed by atoms with Gasteiger partial charge in [0.05, 0.1) is 0 Å². The summed E-state index contributed by atoms with van der Waals surface area (Å²) in [6.07, 6.45) is 9.15. The molecule has 2 aliphatic rings. The van der Waals surface area contributed by atoms with Crippen LogP contribution in [0.1, 0.15) is 59.3 Å². The average molecular weight is 316 g/mol. The molecule has 0 bridgehead atoms. The molecule has 0 unspecified atom stereocenters. The molecule has 1 saturated heterocycles. The summed E-state index contributed by atoms with van der Waals surface area (Å²) in [5.41, 5.74) is 3.06. The Bertz CT molecular complexity index is 553. The van der Waals surface area contributed by atoms with Gasteiger partial charge in [-0.3, -0.25) is 4.79 Å². The van der Waals surface area contributed by atoms with E-state index in [-0.39, 0.29) is 29.7 Å². The molecule has 1 aliphatic carbocycles. The fourth-order valence-corrected chi connectivity index (χ4v) is 3.32. The molecular formula is C20H28O3. The van der Waals surface area contributed by atoms with E-state index in [9.17, 15) is 9.59 Å². The van der Waals surface area contributed by atoms with E-state index in [1.807, 2.05) is 6.92 Å². The number of esters is 1. The van der Waals surface area contributed by atoms with Crippen molar-refractivity contribution in [3.63, 3.8) is 0 Å². The Morgan fingerprint density at radius 2 is 1.78 bits per heavy atom. The molecule has 126 valence electrons. The minimum Gasteiger partial charge on any atom is -0.458 e. The molecule has 0 aromatic heterocycles. The zero-order valence-corrected chi connectivity index (χ0v) is 14.6. The first kappa shape index (κ1) is 17.7. The molecular weight excluding hydrogens is 288 g/mol. The van der Waals surface area contributed by atoms with Crippen molar-refractivity contribution in [1.29, 1.82) is 0 Å². The van der Waals surface area contributed by atoms with E-state index in [0.29, 0.717) is 18.4 Å². The van der Waals surface area contributed by atoms with Gasteiger partial charge in [0.15, 0.2) is 0 Å². The molecule has 3 nitrogen and oxygen atoms in total. The van der Waals surface area contributed by atoms with Crippen LogP contribution in [0.25, 0.3) is 0 Å². The van der Waals surface area contributed by atoms with Gasteiger partial charge >= 0.3 is 5.97 Å². The highest BCUT2D eigenvalue weighted by molar-refractivity contribution is 5.92. The summed E-state index contributed by atoms with van der Waals surface area (Å²) in [5, 5.41) is 0. The van der Waals surface area contributed by atoms with Gasteiger partial charge in [0.2, 0.25) is 0 Å². The number of hydrogen-bond acceptors (Lipinski definition) is 3. The molecule has 3 atom stereocenters. The van der Waals surface area contributed by atoms with Crippen molar-refractivity contribution < 1.29 is 14.3 Å². The van der Waals surface area contributed by atoms with E-state index in [0.717, 1.165) is 25.7 Å². The normalized spacial score (nSPS) is 35.4. The van der Waals surface area contributed by atoms with Gasteiger partial charge in [0, 0.05) is 30.3 Å². The van der Waals surface area contributed by atoms with Gasteiger partial charge in [-0.05, 0) is 39.5 Å². The number of carbonyl (C=O) groups excluding carboxylic acids is 2. The van der Waals surface area contributed by atoms with E-state index in [1.165, 1.54) is 11.1 Å². The summed E-state index contributed by atoms with van der Waals surface area (Å²) in [4.78, 5) is 24.4. The van der Waals surface area contributed by atoms with Crippen LogP contribution >= 0.6 is 0 Å². The Morgan fingerprint density at radius 3 is 2.52 bits per heavy atom. The largest absolute Gasteiger partial charge is 0.458 e. The van der Waals surface area contributed by atoms with E-state index >= 15 is 0 Å². The Labute approximate surface area is 139 Å². The predicted molar refractivity (Wildman–Crippen MR) is 91.9 cm³/mol. The van der Waals surface area contributed by atoms with Crippen molar-refractivity contribution >= 4 is 11.8 Å². The summed E-state index contributed by atoms with van der Waals surface area (Å²) in [6.45, 7) is 10.1. The standard InChI is InChI=1S/C20H28O3/c1-13-7-5-9-14(2)11-19-17(16(4)20(22)23-19)12-18(21)15(3)10-6-8-13/h8-9,15,17,19H,4-7,10-12H2,1-3H3/b13-8+,14-9+/t15-,17+,19+/m1/s1. The van der Waals surface area contributed by atoms with Gasteiger partial charge in [-0.25, -0.2) is 4.79 Å². The number of rotatable bonds is 0. The second-order valence-corrected chi connectivity index (χ2v) is 7.07. The fourth-order valence-electron chi connectivity index (χ4n) is 3.32. The first-order valence-corrected chi connectivity index (χ1v) is 8.62. The summed E-state index contributed by atoms with van der Waals surface area (Å²) in [5.74, 6) is -0.275.